The number of nitrogens with one attached hydrogen (secondary N) is 2. The molecule has 6 nitrogen and oxygen atoms in total. The Hall–Kier alpha value is -0.660. The predicted octanol–water partition coefficient (Wildman–Crippen LogP) is -1.62. The number of carbonyl (C=O) groups is 1. The summed E-state index contributed by atoms with van der Waals surface area (Å²) in [7, 11) is -1.25. The molecule has 0 radical (unpaired) electrons. The Kier molecular flexibility index (Phi) is 4.69. The molecule has 0 bridgehead atoms. The summed E-state index contributed by atoms with van der Waals surface area (Å²) >= 11 is 0. The van der Waals surface area contributed by atoms with Crippen LogP contribution in [-0.4, -0.2) is 59.2 Å². The molecule has 7 heteroatoms. The second-order valence-corrected chi connectivity index (χ2v) is 6.22. The SMILES string of the molecule is CNC1COCC1C(=O)NCCS(C)(=O)=O. The third-order valence-corrected chi connectivity index (χ3v) is 3.51. The van der Waals surface area contributed by atoms with Gasteiger partial charge in [-0.3, -0.25) is 4.79 Å². The van der Waals surface area contributed by atoms with Crippen LogP contribution in [-0.2, 0) is 19.4 Å². The molecule has 0 aliphatic carbocycles. The predicted molar refractivity (Wildman–Crippen MR) is 59.9 cm³/mol. The van der Waals surface area contributed by atoms with Gasteiger partial charge in [0.15, 0.2) is 0 Å². The van der Waals surface area contributed by atoms with Crippen LogP contribution in [0.1, 0.15) is 0 Å². The minimum atomic E-state index is -3.02. The van der Waals surface area contributed by atoms with Crippen LogP contribution in [0.3, 0.4) is 0 Å². The van der Waals surface area contributed by atoms with Crippen molar-refractivity contribution in [1.29, 1.82) is 0 Å². The van der Waals surface area contributed by atoms with Gasteiger partial charge in [-0.05, 0) is 7.05 Å². The molecule has 1 aliphatic heterocycles. The van der Waals surface area contributed by atoms with Gasteiger partial charge >= 0.3 is 0 Å². The van der Waals surface area contributed by atoms with Gasteiger partial charge in [0.05, 0.1) is 24.9 Å². The zero-order chi connectivity index (χ0) is 12.2. The number of rotatable bonds is 5. The van der Waals surface area contributed by atoms with Crippen molar-refractivity contribution in [2.24, 2.45) is 5.92 Å². The summed E-state index contributed by atoms with van der Waals surface area (Å²) in [5.74, 6) is -0.415. The van der Waals surface area contributed by atoms with E-state index in [9.17, 15) is 13.2 Å². The largest absolute Gasteiger partial charge is 0.379 e. The Bertz CT molecular complexity index is 341. The average molecular weight is 250 g/mol. The Morgan fingerprint density at radius 2 is 2.12 bits per heavy atom. The molecule has 2 atom stereocenters. The first-order valence-corrected chi connectivity index (χ1v) is 7.20. The molecule has 1 aliphatic rings. The highest BCUT2D eigenvalue weighted by Crippen LogP contribution is 2.13. The second-order valence-electron chi connectivity index (χ2n) is 3.96. The van der Waals surface area contributed by atoms with Gasteiger partial charge in [0, 0.05) is 18.8 Å². The van der Waals surface area contributed by atoms with Crippen molar-refractivity contribution in [3.05, 3.63) is 0 Å². The van der Waals surface area contributed by atoms with E-state index in [1.54, 1.807) is 7.05 Å². The van der Waals surface area contributed by atoms with Crippen LogP contribution in [0.4, 0.5) is 0 Å². The molecule has 0 saturated carbocycles. The summed E-state index contributed by atoms with van der Waals surface area (Å²) in [6.45, 7) is 1.06. The van der Waals surface area contributed by atoms with Crippen molar-refractivity contribution < 1.29 is 17.9 Å². The highest BCUT2D eigenvalue weighted by molar-refractivity contribution is 7.90. The number of hydrogen-bond acceptors (Lipinski definition) is 5. The van der Waals surface area contributed by atoms with Gasteiger partial charge in [-0.25, -0.2) is 8.42 Å². The quantitative estimate of drug-likeness (QED) is 0.613. The molecule has 1 fully saturated rings. The van der Waals surface area contributed by atoms with E-state index in [1.807, 2.05) is 0 Å². The van der Waals surface area contributed by atoms with Crippen LogP contribution in [0, 0.1) is 5.92 Å². The number of likely N-dealkylation sites (N-methyl/N-ethyl adjacent to an activating group) is 1. The van der Waals surface area contributed by atoms with Gasteiger partial charge in [-0.2, -0.15) is 0 Å². The molecule has 1 rings (SSSR count). The van der Waals surface area contributed by atoms with E-state index >= 15 is 0 Å². The molecule has 2 N–H and O–H groups in total. The summed E-state index contributed by atoms with van der Waals surface area (Å²) in [5, 5.41) is 5.60. The van der Waals surface area contributed by atoms with Crippen molar-refractivity contribution in [3.63, 3.8) is 0 Å². The van der Waals surface area contributed by atoms with Crippen LogP contribution >= 0.6 is 0 Å². The summed E-state index contributed by atoms with van der Waals surface area (Å²) < 4.78 is 26.9. The zero-order valence-corrected chi connectivity index (χ0v) is 10.3. The van der Waals surface area contributed by atoms with E-state index in [4.69, 9.17) is 4.74 Å². The highest BCUT2D eigenvalue weighted by atomic mass is 32.2. The van der Waals surface area contributed by atoms with Crippen molar-refractivity contribution in [2.45, 2.75) is 6.04 Å². The monoisotopic (exact) mass is 250 g/mol. The lowest BCUT2D eigenvalue weighted by molar-refractivity contribution is -0.125. The fraction of sp³-hybridized carbons (Fsp3) is 0.889. The number of sulfone groups is 1. The molecule has 1 saturated heterocycles. The van der Waals surface area contributed by atoms with Crippen LogP contribution < -0.4 is 10.6 Å². The van der Waals surface area contributed by atoms with E-state index in [2.05, 4.69) is 10.6 Å². The van der Waals surface area contributed by atoms with Crippen molar-refractivity contribution >= 4 is 15.7 Å². The molecule has 2 unspecified atom stereocenters. The maximum Gasteiger partial charge on any atom is 0.227 e. The maximum atomic E-state index is 11.7. The lowest BCUT2D eigenvalue weighted by Crippen LogP contribution is -2.43. The Morgan fingerprint density at radius 3 is 2.69 bits per heavy atom. The molecule has 0 aromatic carbocycles. The van der Waals surface area contributed by atoms with Gasteiger partial charge in [-0.1, -0.05) is 0 Å². The Labute approximate surface area is 95.7 Å². The van der Waals surface area contributed by atoms with Gasteiger partial charge in [-0.15, -0.1) is 0 Å². The molecule has 16 heavy (non-hydrogen) atoms. The third-order valence-electron chi connectivity index (χ3n) is 2.56. The standard InChI is InChI=1S/C9H18N2O4S/c1-10-8-6-15-5-7(8)9(12)11-3-4-16(2,13)14/h7-8,10H,3-6H2,1-2H3,(H,11,12). The van der Waals surface area contributed by atoms with Crippen LogP contribution in [0.15, 0.2) is 0 Å². The minimum absolute atomic E-state index is 0.0123. The van der Waals surface area contributed by atoms with Crippen molar-refractivity contribution in [3.8, 4) is 0 Å². The first-order chi connectivity index (χ1) is 7.44. The number of hydrogen-bond donors (Lipinski definition) is 2. The van der Waals surface area contributed by atoms with Gasteiger partial charge in [0.1, 0.15) is 9.84 Å². The number of carbonyl (C=O) groups excluding carboxylic acids is 1. The minimum Gasteiger partial charge on any atom is -0.379 e. The van der Waals surface area contributed by atoms with E-state index in [0.29, 0.717) is 13.2 Å². The first kappa shape index (κ1) is 13.4. The summed E-state index contributed by atoms with van der Waals surface area (Å²) in [5.41, 5.74) is 0. The van der Waals surface area contributed by atoms with Crippen molar-refractivity contribution in [1.82, 2.24) is 10.6 Å². The summed E-state index contributed by atoms with van der Waals surface area (Å²) in [4.78, 5) is 11.7. The van der Waals surface area contributed by atoms with E-state index < -0.39 is 9.84 Å². The van der Waals surface area contributed by atoms with Crippen LogP contribution in [0.25, 0.3) is 0 Å². The molecular formula is C9H18N2O4S. The average Bonchev–Trinajstić information content (AvgIpc) is 2.63. The number of ether oxygens (including phenoxy) is 1. The highest BCUT2D eigenvalue weighted by Gasteiger charge is 2.32. The van der Waals surface area contributed by atoms with E-state index in [-0.39, 0.29) is 30.2 Å². The van der Waals surface area contributed by atoms with E-state index in [1.165, 1.54) is 0 Å². The molecule has 0 aromatic heterocycles. The number of amides is 1. The van der Waals surface area contributed by atoms with E-state index in [0.717, 1.165) is 6.26 Å². The van der Waals surface area contributed by atoms with Crippen LogP contribution in [0.5, 0.6) is 0 Å². The molecule has 94 valence electrons. The lowest BCUT2D eigenvalue weighted by Gasteiger charge is -2.16. The zero-order valence-electron chi connectivity index (χ0n) is 9.52. The van der Waals surface area contributed by atoms with Gasteiger partial charge < -0.3 is 15.4 Å². The fourth-order valence-corrected chi connectivity index (χ4v) is 2.06. The topological polar surface area (TPSA) is 84.5 Å². The Balaban J connectivity index is 2.35. The van der Waals surface area contributed by atoms with Gasteiger partial charge in [0.25, 0.3) is 0 Å². The Morgan fingerprint density at radius 1 is 1.44 bits per heavy atom. The fourth-order valence-electron chi connectivity index (χ4n) is 1.59. The maximum absolute atomic E-state index is 11.7. The first-order valence-electron chi connectivity index (χ1n) is 5.14. The van der Waals surface area contributed by atoms with Crippen LogP contribution in [0.2, 0.25) is 0 Å². The third kappa shape index (κ3) is 4.07. The lowest BCUT2D eigenvalue weighted by atomic mass is 10.0. The summed E-state index contributed by atoms with van der Waals surface area (Å²) in [6.07, 6.45) is 1.15. The van der Waals surface area contributed by atoms with Gasteiger partial charge in [0.2, 0.25) is 5.91 Å². The normalized spacial score (nSPS) is 25.6. The molecule has 1 heterocycles. The second kappa shape index (κ2) is 5.60. The molecule has 0 aromatic rings. The smallest absolute Gasteiger partial charge is 0.227 e. The molecule has 0 spiro atoms. The molecule has 1 amide bonds. The molecular weight excluding hydrogens is 232 g/mol. The summed E-state index contributed by atoms with van der Waals surface area (Å²) in [6, 6.07) is 0.0123. The van der Waals surface area contributed by atoms with Crippen molar-refractivity contribution in [2.75, 3.05) is 38.8 Å².